The van der Waals surface area contributed by atoms with E-state index in [0.29, 0.717) is 18.7 Å². The smallest absolute Gasteiger partial charge is 0.217 e. The summed E-state index contributed by atoms with van der Waals surface area (Å²) >= 11 is 0. The highest BCUT2D eigenvalue weighted by Crippen LogP contribution is 2.45. The van der Waals surface area contributed by atoms with Crippen molar-refractivity contribution in [3.63, 3.8) is 0 Å². The second kappa shape index (κ2) is 5.01. The predicted octanol–water partition coefficient (Wildman–Crippen LogP) is 2.27. The van der Waals surface area contributed by atoms with Gasteiger partial charge in [-0.25, -0.2) is 0 Å². The number of nitrogens with zero attached hydrogens (tertiary/aromatic N) is 2. The van der Waals surface area contributed by atoms with Crippen molar-refractivity contribution in [1.29, 1.82) is 5.26 Å². The van der Waals surface area contributed by atoms with Gasteiger partial charge in [-0.1, -0.05) is 30.3 Å². The third-order valence-corrected chi connectivity index (χ3v) is 4.64. The van der Waals surface area contributed by atoms with Gasteiger partial charge in [-0.15, -0.1) is 0 Å². The SMILES string of the molecule is COC1=C[C@H]2[C@H](C#N)C[C@@](C)(C1=O)N2Cc1ccccc1. The van der Waals surface area contributed by atoms with Crippen LogP contribution in [0.3, 0.4) is 0 Å². The highest BCUT2D eigenvalue weighted by Gasteiger charge is 2.56. The van der Waals surface area contributed by atoms with Gasteiger partial charge in [0, 0.05) is 12.6 Å². The fourth-order valence-corrected chi connectivity index (χ4v) is 3.48. The molecule has 1 saturated heterocycles. The molecule has 1 aromatic carbocycles. The highest BCUT2D eigenvalue weighted by molar-refractivity contribution is 6.02. The molecule has 2 aliphatic heterocycles. The molecule has 21 heavy (non-hydrogen) atoms. The molecule has 0 aromatic heterocycles. The van der Waals surface area contributed by atoms with Gasteiger partial charge in [-0.3, -0.25) is 9.69 Å². The Labute approximate surface area is 124 Å². The van der Waals surface area contributed by atoms with Gasteiger partial charge < -0.3 is 4.74 Å². The Kier molecular flexibility index (Phi) is 3.30. The molecule has 0 unspecified atom stereocenters. The molecule has 0 N–H and O–H groups in total. The van der Waals surface area contributed by atoms with Crippen LogP contribution in [0.2, 0.25) is 0 Å². The van der Waals surface area contributed by atoms with Gasteiger partial charge in [0.15, 0.2) is 5.76 Å². The third-order valence-electron chi connectivity index (χ3n) is 4.64. The van der Waals surface area contributed by atoms with Gasteiger partial charge in [0.1, 0.15) is 0 Å². The average Bonchev–Trinajstić information content (AvgIpc) is 2.71. The monoisotopic (exact) mass is 282 g/mol. The Morgan fingerprint density at radius 3 is 2.76 bits per heavy atom. The zero-order valence-corrected chi connectivity index (χ0v) is 12.2. The van der Waals surface area contributed by atoms with E-state index in [-0.39, 0.29) is 17.7 Å². The van der Waals surface area contributed by atoms with Crippen LogP contribution >= 0.6 is 0 Å². The van der Waals surface area contributed by atoms with Gasteiger partial charge >= 0.3 is 0 Å². The molecule has 2 aliphatic rings. The summed E-state index contributed by atoms with van der Waals surface area (Å²) in [5.41, 5.74) is 0.496. The van der Waals surface area contributed by atoms with Crippen LogP contribution in [0.5, 0.6) is 0 Å². The van der Waals surface area contributed by atoms with Crippen LogP contribution < -0.4 is 0 Å². The molecular weight excluding hydrogens is 264 g/mol. The maximum atomic E-state index is 12.7. The van der Waals surface area contributed by atoms with Crippen molar-refractivity contribution in [1.82, 2.24) is 4.90 Å². The van der Waals surface area contributed by atoms with E-state index in [2.05, 4.69) is 11.0 Å². The first kappa shape index (κ1) is 13.8. The standard InChI is InChI=1S/C17H18N2O2/c1-17-9-13(10-18)14(8-15(21-2)16(17)20)19(17)11-12-6-4-3-5-7-12/h3-8,13-14H,9,11H2,1-2H3/t13-,14-,17-/m0/s1. The van der Waals surface area contributed by atoms with Crippen LogP contribution in [0.4, 0.5) is 0 Å². The molecule has 4 nitrogen and oxygen atoms in total. The lowest BCUT2D eigenvalue weighted by Crippen LogP contribution is -2.53. The molecule has 1 aromatic rings. The number of benzene rings is 1. The van der Waals surface area contributed by atoms with Crippen LogP contribution in [0, 0.1) is 17.2 Å². The number of ether oxygens (including phenoxy) is 1. The molecule has 3 rings (SSSR count). The van der Waals surface area contributed by atoms with E-state index in [1.54, 1.807) is 0 Å². The topological polar surface area (TPSA) is 53.3 Å². The van der Waals surface area contributed by atoms with E-state index >= 15 is 0 Å². The number of nitriles is 1. The van der Waals surface area contributed by atoms with Gasteiger partial charge in [-0.2, -0.15) is 5.26 Å². The number of hydrogen-bond donors (Lipinski definition) is 0. The number of carbonyl (C=O) groups excluding carboxylic acids is 1. The average molecular weight is 282 g/mol. The maximum absolute atomic E-state index is 12.7. The summed E-state index contributed by atoms with van der Waals surface area (Å²) in [6.45, 7) is 2.59. The van der Waals surface area contributed by atoms with Gasteiger partial charge in [0.25, 0.3) is 0 Å². The number of Topliss-reactive ketones (excluding diaryl/α,β-unsaturated/α-hetero) is 1. The molecule has 0 spiro atoms. The molecule has 2 heterocycles. The zero-order chi connectivity index (χ0) is 15.0. The Morgan fingerprint density at radius 2 is 2.14 bits per heavy atom. The lowest BCUT2D eigenvalue weighted by atomic mass is 9.89. The molecule has 0 saturated carbocycles. The predicted molar refractivity (Wildman–Crippen MR) is 78.0 cm³/mol. The Morgan fingerprint density at radius 1 is 1.43 bits per heavy atom. The Bertz CT molecular complexity index is 632. The minimum Gasteiger partial charge on any atom is -0.493 e. The number of rotatable bonds is 3. The number of ketones is 1. The number of fused-ring (bicyclic) bond motifs is 2. The summed E-state index contributed by atoms with van der Waals surface area (Å²) in [5, 5.41) is 9.40. The fourth-order valence-electron chi connectivity index (χ4n) is 3.48. The minimum absolute atomic E-state index is 0.0186. The molecule has 4 heteroatoms. The highest BCUT2D eigenvalue weighted by atomic mass is 16.5. The number of carbonyl (C=O) groups is 1. The van der Waals surface area contributed by atoms with Crippen LogP contribution in [0.25, 0.3) is 0 Å². The summed E-state index contributed by atoms with van der Waals surface area (Å²) in [6, 6.07) is 12.3. The lowest BCUT2D eigenvalue weighted by Gasteiger charge is -2.39. The first-order valence-electron chi connectivity index (χ1n) is 7.11. The van der Waals surface area contributed by atoms with Gasteiger partial charge in [0.2, 0.25) is 5.78 Å². The Hall–Kier alpha value is -2.12. The fraction of sp³-hybridized carbons (Fsp3) is 0.412. The molecule has 0 amide bonds. The lowest BCUT2D eigenvalue weighted by molar-refractivity contribution is -0.130. The Balaban J connectivity index is 1.99. The molecule has 108 valence electrons. The molecule has 1 fully saturated rings. The first-order chi connectivity index (χ1) is 10.1. The second-order valence-corrected chi connectivity index (χ2v) is 5.88. The molecular formula is C17H18N2O2. The zero-order valence-electron chi connectivity index (χ0n) is 12.2. The van der Waals surface area contributed by atoms with E-state index in [0.717, 1.165) is 5.56 Å². The second-order valence-electron chi connectivity index (χ2n) is 5.88. The van der Waals surface area contributed by atoms with Crippen molar-refractivity contribution in [3.05, 3.63) is 47.7 Å². The van der Waals surface area contributed by atoms with Crippen molar-refractivity contribution in [2.75, 3.05) is 7.11 Å². The van der Waals surface area contributed by atoms with Crippen LogP contribution in [-0.2, 0) is 16.1 Å². The minimum atomic E-state index is -0.652. The maximum Gasteiger partial charge on any atom is 0.217 e. The summed E-state index contributed by atoms with van der Waals surface area (Å²) in [6.07, 6.45) is 2.37. The number of methoxy groups -OCH3 is 1. The van der Waals surface area contributed by atoms with E-state index in [4.69, 9.17) is 4.74 Å². The van der Waals surface area contributed by atoms with E-state index < -0.39 is 5.54 Å². The molecule has 0 radical (unpaired) electrons. The van der Waals surface area contributed by atoms with E-state index in [1.165, 1.54) is 7.11 Å². The van der Waals surface area contributed by atoms with Crippen molar-refractivity contribution >= 4 is 5.78 Å². The molecule has 3 atom stereocenters. The summed E-state index contributed by atoms with van der Waals surface area (Å²) < 4.78 is 5.22. The first-order valence-corrected chi connectivity index (χ1v) is 7.11. The summed E-state index contributed by atoms with van der Waals surface area (Å²) in [4.78, 5) is 14.8. The quantitative estimate of drug-likeness (QED) is 0.853. The molecule has 0 aliphatic carbocycles. The van der Waals surface area contributed by atoms with Crippen molar-refractivity contribution in [3.8, 4) is 6.07 Å². The largest absolute Gasteiger partial charge is 0.493 e. The summed E-state index contributed by atoms with van der Waals surface area (Å²) in [5.74, 6) is 0.204. The summed E-state index contributed by atoms with van der Waals surface area (Å²) in [7, 11) is 1.51. The number of hydrogen-bond acceptors (Lipinski definition) is 4. The van der Waals surface area contributed by atoms with Crippen LogP contribution in [0.15, 0.2) is 42.2 Å². The van der Waals surface area contributed by atoms with Crippen LogP contribution in [0.1, 0.15) is 18.9 Å². The normalized spacial score (nSPS) is 31.7. The van der Waals surface area contributed by atoms with E-state index in [9.17, 15) is 10.1 Å². The van der Waals surface area contributed by atoms with E-state index in [1.807, 2.05) is 43.3 Å². The van der Waals surface area contributed by atoms with Crippen LogP contribution in [-0.4, -0.2) is 29.4 Å². The van der Waals surface area contributed by atoms with Crippen molar-refractivity contribution in [2.45, 2.75) is 31.5 Å². The van der Waals surface area contributed by atoms with Crippen molar-refractivity contribution < 1.29 is 9.53 Å². The van der Waals surface area contributed by atoms with Gasteiger partial charge in [0.05, 0.1) is 24.6 Å². The van der Waals surface area contributed by atoms with Gasteiger partial charge in [-0.05, 0) is 25.0 Å². The van der Waals surface area contributed by atoms with Crippen molar-refractivity contribution in [2.24, 2.45) is 5.92 Å². The molecule has 2 bridgehead atoms. The third kappa shape index (κ3) is 2.05.